The summed E-state index contributed by atoms with van der Waals surface area (Å²) in [5, 5.41) is 15.8. The largest absolute Gasteiger partial charge is 0.497 e. The Morgan fingerprint density at radius 3 is 2.51 bits per heavy atom. The highest BCUT2D eigenvalue weighted by Crippen LogP contribution is 2.29. The number of hydrogen-bond donors (Lipinski definition) is 3. The van der Waals surface area contributed by atoms with Gasteiger partial charge in [-0.3, -0.25) is 4.79 Å². The Morgan fingerprint density at radius 2 is 1.84 bits per heavy atom. The number of benzene rings is 2. The highest BCUT2D eigenvalue weighted by molar-refractivity contribution is 6.02. The second-order valence-electron chi connectivity index (χ2n) is 11.6. The van der Waals surface area contributed by atoms with Crippen molar-refractivity contribution in [2.45, 2.75) is 71.6 Å². The zero-order valence-electron chi connectivity index (χ0n) is 26.6. The van der Waals surface area contributed by atoms with E-state index in [2.05, 4.69) is 36.4 Å². The first-order valence-corrected chi connectivity index (χ1v) is 15.4. The summed E-state index contributed by atoms with van der Waals surface area (Å²) in [6.07, 6.45) is 3.53. The van der Waals surface area contributed by atoms with Crippen LogP contribution < -0.4 is 20.1 Å². The fourth-order valence-corrected chi connectivity index (χ4v) is 5.21. The van der Waals surface area contributed by atoms with E-state index in [0.717, 1.165) is 38.8 Å². The zero-order valence-corrected chi connectivity index (χ0v) is 26.6. The molecular weight excluding hydrogens is 548 g/mol. The topological polar surface area (TPSA) is 113 Å². The van der Waals surface area contributed by atoms with E-state index in [-0.39, 0.29) is 30.6 Å². The maximum Gasteiger partial charge on any atom is 0.323 e. The van der Waals surface area contributed by atoms with Crippen molar-refractivity contribution in [1.82, 2.24) is 9.80 Å². The Hall–Kier alpha value is -3.34. The van der Waals surface area contributed by atoms with Crippen molar-refractivity contribution in [1.29, 1.82) is 0 Å². The van der Waals surface area contributed by atoms with E-state index in [1.54, 1.807) is 54.5 Å². The average molecular weight is 599 g/mol. The van der Waals surface area contributed by atoms with Gasteiger partial charge in [0.1, 0.15) is 11.5 Å². The molecular formula is C33H50N4O6. The lowest BCUT2D eigenvalue weighted by Crippen LogP contribution is -2.47. The summed E-state index contributed by atoms with van der Waals surface area (Å²) in [5.74, 6) is 0.883. The first-order valence-electron chi connectivity index (χ1n) is 15.4. The normalized spacial score (nSPS) is 20.9. The van der Waals surface area contributed by atoms with Crippen LogP contribution in [-0.4, -0.2) is 92.1 Å². The number of hydrogen-bond acceptors (Lipinski definition) is 7. The summed E-state index contributed by atoms with van der Waals surface area (Å²) < 4.78 is 17.9. The number of methoxy groups -OCH3 is 1. The maximum atomic E-state index is 14.2. The van der Waals surface area contributed by atoms with Crippen LogP contribution in [0.5, 0.6) is 11.5 Å². The molecule has 0 fully saturated rings. The van der Waals surface area contributed by atoms with E-state index in [4.69, 9.17) is 14.2 Å². The van der Waals surface area contributed by atoms with Gasteiger partial charge in [-0.1, -0.05) is 13.8 Å². The highest BCUT2D eigenvalue weighted by Gasteiger charge is 2.30. The van der Waals surface area contributed by atoms with E-state index in [9.17, 15) is 14.7 Å². The Labute approximate surface area is 256 Å². The molecule has 3 amide bonds. The Balaban J connectivity index is 1.90. The van der Waals surface area contributed by atoms with Gasteiger partial charge in [-0.25, -0.2) is 4.79 Å². The number of fused-ring (bicyclic) bond motifs is 1. The number of amides is 3. The number of likely N-dealkylation sites (N-methyl/N-ethyl adjacent to an activating group) is 1. The van der Waals surface area contributed by atoms with Crippen LogP contribution in [0.15, 0.2) is 42.5 Å². The molecule has 238 valence electrons. The van der Waals surface area contributed by atoms with Crippen LogP contribution in [0.25, 0.3) is 0 Å². The minimum absolute atomic E-state index is 0.0140. The van der Waals surface area contributed by atoms with Crippen LogP contribution in [0.4, 0.5) is 16.2 Å². The number of aliphatic hydroxyl groups is 1. The van der Waals surface area contributed by atoms with Crippen LogP contribution in [-0.2, 0) is 4.74 Å². The fraction of sp³-hybridized carbons (Fsp3) is 0.576. The highest BCUT2D eigenvalue weighted by atomic mass is 16.5. The number of carbonyl (C=O) groups excluding carboxylic acids is 2. The van der Waals surface area contributed by atoms with Gasteiger partial charge in [0.05, 0.1) is 37.5 Å². The van der Waals surface area contributed by atoms with Crippen LogP contribution in [0, 0.1) is 5.92 Å². The molecule has 0 radical (unpaired) electrons. The summed E-state index contributed by atoms with van der Waals surface area (Å²) >= 11 is 0. The van der Waals surface area contributed by atoms with E-state index >= 15 is 0 Å². The molecule has 3 rings (SSSR count). The van der Waals surface area contributed by atoms with Gasteiger partial charge in [-0.15, -0.1) is 0 Å². The third-order valence-corrected chi connectivity index (χ3v) is 7.75. The Kier molecular flexibility index (Phi) is 13.6. The number of anilines is 2. The lowest BCUT2D eigenvalue weighted by Gasteiger charge is -2.35. The minimum atomic E-state index is -0.446. The van der Waals surface area contributed by atoms with Crippen LogP contribution >= 0.6 is 0 Å². The predicted octanol–water partition coefficient (Wildman–Crippen LogP) is 5.48. The average Bonchev–Trinajstić information content (AvgIpc) is 2.99. The molecule has 1 heterocycles. The first-order chi connectivity index (χ1) is 20.6. The molecule has 3 N–H and O–H groups in total. The number of carbonyl (C=O) groups is 2. The number of rotatable bonds is 9. The smallest absolute Gasteiger partial charge is 0.323 e. The molecule has 4 atom stereocenters. The Bertz CT molecular complexity index is 1160. The molecule has 1 aliphatic heterocycles. The number of nitrogens with one attached hydrogen (secondary N) is 2. The van der Waals surface area contributed by atoms with E-state index < -0.39 is 12.1 Å². The van der Waals surface area contributed by atoms with Crippen molar-refractivity contribution in [3.63, 3.8) is 0 Å². The molecule has 0 saturated heterocycles. The summed E-state index contributed by atoms with van der Waals surface area (Å²) in [4.78, 5) is 31.0. The summed E-state index contributed by atoms with van der Waals surface area (Å²) in [7, 11) is 3.68. The quantitative estimate of drug-likeness (QED) is 0.351. The molecule has 2 aromatic rings. The summed E-state index contributed by atoms with van der Waals surface area (Å²) in [6, 6.07) is 11.2. The summed E-state index contributed by atoms with van der Waals surface area (Å²) in [5.41, 5.74) is 1.38. The molecule has 10 nitrogen and oxygen atoms in total. The molecule has 0 spiro atoms. The van der Waals surface area contributed by atoms with Crippen molar-refractivity contribution < 1.29 is 28.9 Å². The molecule has 43 heavy (non-hydrogen) atoms. The molecule has 0 aliphatic carbocycles. The van der Waals surface area contributed by atoms with Crippen LogP contribution in [0.3, 0.4) is 0 Å². The van der Waals surface area contributed by atoms with Gasteiger partial charge in [0.2, 0.25) is 0 Å². The fourth-order valence-electron chi connectivity index (χ4n) is 5.21. The van der Waals surface area contributed by atoms with Gasteiger partial charge in [0.25, 0.3) is 5.91 Å². The van der Waals surface area contributed by atoms with Crippen LogP contribution in [0.2, 0.25) is 0 Å². The minimum Gasteiger partial charge on any atom is -0.497 e. The molecule has 2 aromatic carbocycles. The standard InChI is InChI=1S/C33H50N4O6/c1-7-17-36(5)21-31-23(2)20-37(24(3)22-38)32(39)29-19-27(13-16-30(29)43-25(4)10-8-9-18-42-31)35-33(40)34-26-11-14-28(41-6)15-12-26/h11-16,19,23-25,31,38H,7-10,17-18,20-22H2,1-6H3,(H2,34,35,40)/t23-,24+,25+,31+/m0/s1. The molecule has 10 heteroatoms. The SMILES string of the molecule is CCCN(C)C[C@H]1OCCCC[C@@H](C)Oc2ccc(NC(=O)Nc3ccc(OC)cc3)cc2C(=O)N([C@H](C)CO)C[C@@H]1C. The van der Waals surface area contributed by atoms with Crippen molar-refractivity contribution in [3.05, 3.63) is 48.0 Å². The lowest BCUT2D eigenvalue weighted by atomic mass is 10.0. The third kappa shape index (κ3) is 10.4. The van der Waals surface area contributed by atoms with Crippen molar-refractivity contribution in [3.8, 4) is 11.5 Å². The van der Waals surface area contributed by atoms with Crippen molar-refractivity contribution >= 4 is 23.3 Å². The first kappa shape index (κ1) is 34.2. The van der Waals surface area contributed by atoms with Gasteiger partial charge >= 0.3 is 6.03 Å². The van der Waals surface area contributed by atoms with Gasteiger partial charge in [-0.05, 0) is 95.6 Å². The van der Waals surface area contributed by atoms with E-state index in [1.807, 2.05) is 13.8 Å². The zero-order chi connectivity index (χ0) is 31.4. The number of nitrogens with zero attached hydrogens (tertiary/aromatic N) is 2. The molecule has 0 aromatic heterocycles. The Morgan fingerprint density at radius 1 is 1.14 bits per heavy atom. The van der Waals surface area contributed by atoms with Gasteiger partial charge < -0.3 is 39.8 Å². The second kappa shape index (κ2) is 17.1. The molecule has 0 bridgehead atoms. The third-order valence-electron chi connectivity index (χ3n) is 7.75. The van der Waals surface area contributed by atoms with E-state index in [1.165, 1.54) is 0 Å². The number of urea groups is 1. The molecule has 1 aliphatic rings. The maximum absolute atomic E-state index is 14.2. The number of aliphatic hydroxyl groups excluding tert-OH is 1. The monoisotopic (exact) mass is 598 g/mol. The van der Waals surface area contributed by atoms with Gasteiger partial charge in [0, 0.05) is 37.0 Å². The second-order valence-corrected chi connectivity index (χ2v) is 11.6. The summed E-state index contributed by atoms with van der Waals surface area (Å²) in [6.45, 7) is 10.7. The van der Waals surface area contributed by atoms with Gasteiger partial charge in [-0.2, -0.15) is 0 Å². The molecule has 0 saturated carbocycles. The van der Waals surface area contributed by atoms with E-state index in [0.29, 0.717) is 41.6 Å². The predicted molar refractivity (Wildman–Crippen MR) is 170 cm³/mol. The van der Waals surface area contributed by atoms with Gasteiger partial charge in [0.15, 0.2) is 0 Å². The molecule has 0 unspecified atom stereocenters. The van der Waals surface area contributed by atoms with Crippen molar-refractivity contribution in [2.24, 2.45) is 5.92 Å². The number of ether oxygens (including phenoxy) is 3. The lowest BCUT2D eigenvalue weighted by molar-refractivity contribution is -0.0167. The van der Waals surface area contributed by atoms with Crippen molar-refractivity contribution in [2.75, 3.05) is 57.6 Å². The van der Waals surface area contributed by atoms with Crippen LogP contribution in [0.1, 0.15) is 63.7 Å².